The van der Waals surface area contributed by atoms with E-state index >= 15 is 0 Å². The highest BCUT2D eigenvalue weighted by Gasteiger charge is 2.31. The Labute approximate surface area is 131 Å². The number of H-pyrrole nitrogens is 1. The summed E-state index contributed by atoms with van der Waals surface area (Å²) in [6.07, 6.45) is 2.11. The first kappa shape index (κ1) is 15.4. The third-order valence-electron chi connectivity index (χ3n) is 5.06. The summed E-state index contributed by atoms with van der Waals surface area (Å²) in [5.74, 6) is 0.657. The summed E-state index contributed by atoms with van der Waals surface area (Å²) in [5.41, 5.74) is 1.13. The Morgan fingerprint density at radius 1 is 1.23 bits per heavy atom. The molecule has 7 heteroatoms. The third-order valence-corrected chi connectivity index (χ3v) is 5.06. The van der Waals surface area contributed by atoms with E-state index in [1.807, 2.05) is 11.8 Å². The molecule has 3 rings (SSSR count). The van der Waals surface area contributed by atoms with E-state index in [0.29, 0.717) is 23.3 Å². The molecule has 2 aliphatic heterocycles. The van der Waals surface area contributed by atoms with E-state index in [0.717, 1.165) is 52.2 Å². The Morgan fingerprint density at radius 2 is 1.91 bits per heavy atom. The number of hydrogen-bond donors (Lipinski definition) is 1. The molecule has 0 aromatic carbocycles. The molecule has 1 amide bonds. The Morgan fingerprint density at radius 3 is 2.50 bits per heavy atom. The summed E-state index contributed by atoms with van der Waals surface area (Å²) in [5, 5.41) is 10.4. The number of carbonyl (C=O) groups excluding carboxylic acids is 1. The van der Waals surface area contributed by atoms with E-state index in [1.165, 1.54) is 0 Å². The molecule has 0 saturated carbocycles. The van der Waals surface area contributed by atoms with Gasteiger partial charge in [-0.25, -0.2) is 0 Å². The zero-order valence-electron chi connectivity index (χ0n) is 13.4. The number of nitrogens with one attached hydrogen (secondary N) is 1. The van der Waals surface area contributed by atoms with Crippen molar-refractivity contribution >= 4 is 5.91 Å². The maximum atomic E-state index is 12.4. The van der Waals surface area contributed by atoms with Gasteiger partial charge < -0.3 is 9.64 Å². The largest absolute Gasteiger partial charge is 0.379 e. The van der Waals surface area contributed by atoms with Crippen molar-refractivity contribution in [2.45, 2.75) is 32.7 Å². The normalized spacial score (nSPS) is 22.7. The van der Waals surface area contributed by atoms with Crippen LogP contribution in [0.4, 0.5) is 0 Å². The van der Waals surface area contributed by atoms with E-state index in [1.54, 1.807) is 0 Å². The fourth-order valence-corrected chi connectivity index (χ4v) is 3.50. The lowest BCUT2D eigenvalue weighted by Gasteiger charge is -2.40. The van der Waals surface area contributed by atoms with Gasteiger partial charge in [0.15, 0.2) is 5.69 Å². The smallest absolute Gasteiger partial charge is 0.276 e. The van der Waals surface area contributed by atoms with Crippen molar-refractivity contribution in [2.24, 2.45) is 5.92 Å². The minimum atomic E-state index is 0.00345. The van der Waals surface area contributed by atoms with Gasteiger partial charge in [-0.05, 0) is 32.6 Å². The van der Waals surface area contributed by atoms with E-state index < -0.39 is 0 Å². The van der Waals surface area contributed by atoms with Crippen LogP contribution in [-0.2, 0) is 4.74 Å². The highest BCUT2D eigenvalue weighted by molar-refractivity contribution is 5.93. The first-order valence-corrected chi connectivity index (χ1v) is 8.15. The summed E-state index contributed by atoms with van der Waals surface area (Å²) in [6, 6.07) is 0.565. The standard InChI is InChI=1S/C15H25N5O2/c1-11-14(17-18-16-11)15(21)20-5-3-13(4-6-20)12(2)19-7-9-22-10-8-19/h12-13H,3-10H2,1-2H3,(H,16,17,18). The number of hydrogen-bond acceptors (Lipinski definition) is 5. The number of piperidine rings is 1. The van der Waals surface area contributed by atoms with Gasteiger partial charge in [-0.1, -0.05) is 0 Å². The first-order valence-electron chi connectivity index (χ1n) is 8.15. The molecule has 122 valence electrons. The number of likely N-dealkylation sites (tertiary alicyclic amines) is 1. The molecule has 2 aliphatic rings. The SMILES string of the molecule is Cc1n[nH]nc1C(=O)N1CCC(C(C)N2CCOCC2)CC1. The number of carbonyl (C=O) groups is 1. The van der Waals surface area contributed by atoms with E-state index in [-0.39, 0.29) is 5.91 Å². The molecule has 1 aromatic heterocycles. The van der Waals surface area contributed by atoms with Gasteiger partial charge in [0.25, 0.3) is 5.91 Å². The monoisotopic (exact) mass is 307 g/mol. The zero-order valence-corrected chi connectivity index (χ0v) is 13.4. The predicted molar refractivity (Wildman–Crippen MR) is 81.6 cm³/mol. The molecular weight excluding hydrogens is 282 g/mol. The van der Waals surface area contributed by atoms with Crippen LogP contribution in [0.5, 0.6) is 0 Å². The Hall–Kier alpha value is -1.47. The summed E-state index contributed by atoms with van der Waals surface area (Å²) in [6.45, 7) is 9.48. The van der Waals surface area contributed by atoms with Crippen molar-refractivity contribution in [1.82, 2.24) is 25.2 Å². The van der Waals surface area contributed by atoms with Crippen molar-refractivity contribution in [3.8, 4) is 0 Å². The first-order chi connectivity index (χ1) is 10.7. The minimum absolute atomic E-state index is 0.00345. The molecular formula is C15H25N5O2. The zero-order chi connectivity index (χ0) is 15.5. The van der Waals surface area contributed by atoms with E-state index in [2.05, 4.69) is 27.2 Å². The Bertz CT molecular complexity index is 504. The van der Waals surface area contributed by atoms with Crippen LogP contribution in [0, 0.1) is 12.8 Å². The quantitative estimate of drug-likeness (QED) is 0.889. The highest BCUT2D eigenvalue weighted by Crippen LogP contribution is 2.25. The molecule has 2 fully saturated rings. The van der Waals surface area contributed by atoms with Crippen LogP contribution in [-0.4, -0.2) is 76.6 Å². The number of aromatic nitrogens is 3. The number of rotatable bonds is 3. The van der Waals surface area contributed by atoms with Gasteiger partial charge in [-0.3, -0.25) is 9.69 Å². The van der Waals surface area contributed by atoms with Crippen LogP contribution in [0.25, 0.3) is 0 Å². The maximum absolute atomic E-state index is 12.4. The highest BCUT2D eigenvalue weighted by atomic mass is 16.5. The summed E-state index contributed by atoms with van der Waals surface area (Å²) < 4.78 is 5.43. The molecule has 1 unspecified atom stereocenters. The number of aromatic amines is 1. The van der Waals surface area contributed by atoms with Crippen LogP contribution in [0.1, 0.15) is 35.9 Å². The van der Waals surface area contributed by atoms with Gasteiger partial charge in [0.05, 0.1) is 18.9 Å². The molecule has 0 bridgehead atoms. The number of aryl methyl sites for hydroxylation is 1. The molecule has 1 atom stereocenters. The van der Waals surface area contributed by atoms with Gasteiger partial charge in [0.2, 0.25) is 0 Å². The van der Waals surface area contributed by atoms with Gasteiger partial charge in [-0.2, -0.15) is 15.4 Å². The molecule has 7 nitrogen and oxygen atoms in total. The van der Waals surface area contributed by atoms with Crippen molar-refractivity contribution in [2.75, 3.05) is 39.4 Å². The topological polar surface area (TPSA) is 74.4 Å². The second-order valence-electron chi connectivity index (χ2n) is 6.28. The lowest BCUT2D eigenvalue weighted by atomic mass is 9.89. The molecule has 0 spiro atoms. The van der Waals surface area contributed by atoms with Crippen LogP contribution in [0.2, 0.25) is 0 Å². The lowest BCUT2D eigenvalue weighted by Crippen LogP contribution is -2.49. The number of nitrogens with zero attached hydrogens (tertiary/aromatic N) is 4. The van der Waals surface area contributed by atoms with Crippen molar-refractivity contribution in [3.05, 3.63) is 11.4 Å². The second kappa shape index (κ2) is 6.75. The third kappa shape index (κ3) is 3.15. The minimum Gasteiger partial charge on any atom is -0.379 e. The summed E-state index contributed by atoms with van der Waals surface area (Å²) in [7, 11) is 0. The average molecular weight is 307 g/mol. The fraction of sp³-hybridized carbons (Fsp3) is 0.800. The summed E-state index contributed by atoms with van der Waals surface area (Å²) in [4.78, 5) is 16.9. The van der Waals surface area contributed by atoms with Crippen molar-refractivity contribution < 1.29 is 9.53 Å². The predicted octanol–water partition coefficient (Wildman–Crippen LogP) is 0.686. The Balaban J connectivity index is 1.53. The Kier molecular flexibility index (Phi) is 4.73. The van der Waals surface area contributed by atoms with Crippen LogP contribution < -0.4 is 0 Å². The number of ether oxygens (including phenoxy) is 1. The molecule has 2 saturated heterocycles. The fourth-order valence-electron chi connectivity index (χ4n) is 3.50. The molecule has 0 aliphatic carbocycles. The molecule has 3 heterocycles. The van der Waals surface area contributed by atoms with Gasteiger partial charge >= 0.3 is 0 Å². The maximum Gasteiger partial charge on any atom is 0.276 e. The number of amides is 1. The molecule has 0 radical (unpaired) electrons. The number of morpholine rings is 1. The van der Waals surface area contributed by atoms with Gasteiger partial charge in [0.1, 0.15) is 0 Å². The van der Waals surface area contributed by atoms with Crippen LogP contribution >= 0.6 is 0 Å². The van der Waals surface area contributed by atoms with Crippen molar-refractivity contribution in [1.29, 1.82) is 0 Å². The van der Waals surface area contributed by atoms with E-state index in [4.69, 9.17) is 4.74 Å². The molecule has 22 heavy (non-hydrogen) atoms. The van der Waals surface area contributed by atoms with Crippen molar-refractivity contribution in [3.63, 3.8) is 0 Å². The second-order valence-corrected chi connectivity index (χ2v) is 6.28. The van der Waals surface area contributed by atoms with Crippen LogP contribution in [0.15, 0.2) is 0 Å². The molecule has 1 aromatic rings. The van der Waals surface area contributed by atoms with Crippen LogP contribution in [0.3, 0.4) is 0 Å². The van der Waals surface area contributed by atoms with Gasteiger partial charge in [0, 0.05) is 32.2 Å². The van der Waals surface area contributed by atoms with Gasteiger partial charge in [-0.15, -0.1) is 0 Å². The summed E-state index contributed by atoms with van der Waals surface area (Å²) >= 11 is 0. The lowest BCUT2D eigenvalue weighted by molar-refractivity contribution is -0.000990. The average Bonchev–Trinajstić information content (AvgIpc) is 3.00. The molecule has 1 N–H and O–H groups in total. The van der Waals surface area contributed by atoms with E-state index in [9.17, 15) is 4.79 Å².